The van der Waals surface area contributed by atoms with Gasteiger partial charge in [-0.3, -0.25) is 19.7 Å². The number of nitrogens with zero attached hydrogens (tertiary/aromatic N) is 1. The van der Waals surface area contributed by atoms with Crippen LogP contribution in [0.15, 0.2) is 5.38 Å². The first kappa shape index (κ1) is 14.1. The van der Waals surface area contributed by atoms with E-state index in [9.17, 15) is 14.4 Å². The first-order valence-electron chi connectivity index (χ1n) is 6.98. The second kappa shape index (κ2) is 4.84. The molecule has 3 amide bonds. The minimum absolute atomic E-state index is 0.127. The average molecular weight is 307 g/mol. The van der Waals surface area contributed by atoms with Gasteiger partial charge >= 0.3 is 0 Å². The van der Waals surface area contributed by atoms with E-state index in [0.29, 0.717) is 18.5 Å². The SMILES string of the molecule is CCNc1scc2c1CN([C@]1(C)CCC(=O)NC1=O)C2=O. The van der Waals surface area contributed by atoms with Crippen LogP contribution in [0.25, 0.3) is 0 Å². The lowest BCUT2D eigenvalue weighted by atomic mass is 9.89. The van der Waals surface area contributed by atoms with E-state index >= 15 is 0 Å². The van der Waals surface area contributed by atoms with Crippen LogP contribution in [0.2, 0.25) is 0 Å². The summed E-state index contributed by atoms with van der Waals surface area (Å²) in [5.41, 5.74) is 0.671. The molecule has 3 heterocycles. The van der Waals surface area contributed by atoms with Gasteiger partial charge in [-0.25, -0.2) is 0 Å². The van der Waals surface area contributed by atoms with Gasteiger partial charge in [0.05, 0.1) is 17.1 Å². The highest BCUT2D eigenvalue weighted by Gasteiger charge is 2.49. The quantitative estimate of drug-likeness (QED) is 0.826. The van der Waals surface area contributed by atoms with Crippen LogP contribution in [0.1, 0.15) is 42.6 Å². The molecule has 0 aromatic carbocycles. The van der Waals surface area contributed by atoms with Crippen LogP contribution in [0.4, 0.5) is 5.00 Å². The van der Waals surface area contributed by atoms with E-state index in [1.54, 1.807) is 11.8 Å². The molecule has 112 valence electrons. The summed E-state index contributed by atoms with van der Waals surface area (Å²) >= 11 is 1.52. The zero-order valence-electron chi connectivity index (χ0n) is 12.0. The smallest absolute Gasteiger partial charge is 0.256 e. The second-order valence-corrected chi connectivity index (χ2v) is 6.41. The van der Waals surface area contributed by atoms with Crippen LogP contribution in [-0.2, 0) is 16.1 Å². The van der Waals surface area contributed by atoms with Crippen LogP contribution in [0, 0.1) is 0 Å². The largest absolute Gasteiger partial charge is 0.377 e. The van der Waals surface area contributed by atoms with Gasteiger partial charge in [0.15, 0.2) is 0 Å². The Hall–Kier alpha value is -1.89. The number of imide groups is 1. The highest BCUT2D eigenvalue weighted by molar-refractivity contribution is 7.14. The van der Waals surface area contributed by atoms with Crippen molar-refractivity contribution in [3.05, 3.63) is 16.5 Å². The van der Waals surface area contributed by atoms with Crippen molar-refractivity contribution in [3.8, 4) is 0 Å². The number of hydrogen-bond donors (Lipinski definition) is 2. The lowest BCUT2D eigenvalue weighted by Gasteiger charge is -2.39. The van der Waals surface area contributed by atoms with Crippen LogP contribution in [-0.4, -0.2) is 34.7 Å². The van der Waals surface area contributed by atoms with E-state index < -0.39 is 5.54 Å². The molecule has 7 heteroatoms. The molecule has 2 aliphatic heterocycles. The van der Waals surface area contributed by atoms with Gasteiger partial charge in [-0.2, -0.15) is 0 Å². The van der Waals surface area contributed by atoms with E-state index in [1.165, 1.54) is 11.3 Å². The number of carbonyl (C=O) groups excluding carboxylic acids is 3. The number of rotatable bonds is 3. The number of fused-ring (bicyclic) bond motifs is 1. The Kier molecular flexibility index (Phi) is 3.24. The maximum Gasteiger partial charge on any atom is 0.256 e. The Morgan fingerprint density at radius 3 is 2.86 bits per heavy atom. The molecule has 0 radical (unpaired) electrons. The first-order valence-corrected chi connectivity index (χ1v) is 7.86. The molecule has 0 bridgehead atoms. The summed E-state index contributed by atoms with van der Waals surface area (Å²) in [6, 6.07) is 0. The van der Waals surface area contributed by atoms with E-state index in [4.69, 9.17) is 0 Å². The minimum atomic E-state index is -0.953. The molecule has 0 spiro atoms. The Bertz CT molecular complexity index is 639. The lowest BCUT2D eigenvalue weighted by Crippen LogP contribution is -2.61. The van der Waals surface area contributed by atoms with Crippen molar-refractivity contribution < 1.29 is 14.4 Å². The van der Waals surface area contributed by atoms with Gasteiger partial charge in [0.1, 0.15) is 5.54 Å². The molecule has 1 aromatic heterocycles. The zero-order valence-corrected chi connectivity index (χ0v) is 12.8. The number of amides is 3. The van der Waals surface area contributed by atoms with Crippen molar-refractivity contribution in [2.45, 2.75) is 38.8 Å². The van der Waals surface area contributed by atoms with Crippen molar-refractivity contribution >= 4 is 34.1 Å². The van der Waals surface area contributed by atoms with Gasteiger partial charge in [0.25, 0.3) is 11.8 Å². The van der Waals surface area contributed by atoms with Crippen molar-refractivity contribution in [1.29, 1.82) is 0 Å². The zero-order chi connectivity index (χ0) is 15.2. The predicted molar refractivity (Wildman–Crippen MR) is 79.1 cm³/mol. The third-order valence-electron chi connectivity index (χ3n) is 4.20. The summed E-state index contributed by atoms with van der Waals surface area (Å²) < 4.78 is 0. The molecule has 0 aliphatic carbocycles. The molecule has 21 heavy (non-hydrogen) atoms. The molecule has 0 unspecified atom stereocenters. The fourth-order valence-corrected chi connectivity index (χ4v) is 3.88. The molecule has 3 rings (SSSR count). The third kappa shape index (κ3) is 2.03. The standard InChI is InChI=1S/C14H17N3O3S/c1-3-15-11-8-6-17(12(19)9(8)7-21-11)14(2)5-4-10(18)16-13(14)20/h7,15H,3-6H2,1-2H3,(H,16,18,20)/t14-/m1/s1. The molecule has 1 aromatic rings. The fraction of sp³-hybridized carbons (Fsp3) is 0.500. The molecule has 0 saturated carbocycles. The Labute approximate surface area is 126 Å². The number of carbonyl (C=O) groups is 3. The predicted octanol–water partition coefficient (Wildman–Crippen LogP) is 1.33. The summed E-state index contributed by atoms with van der Waals surface area (Å²) in [6.07, 6.45) is 0.632. The van der Waals surface area contributed by atoms with Crippen molar-refractivity contribution in [3.63, 3.8) is 0 Å². The number of nitrogens with one attached hydrogen (secondary N) is 2. The summed E-state index contributed by atoms with van der Waals surface area (Å²) in [6.45, 7) is 4.93. The van der Waals surface area contributed by atoms with Gasteiger partial charge in [-0.15, -0.1) is 11.3 Å². The molecule has 1 fully saturated rings. The van der Waals surface area contributed by atoms with E-state index in [-0.39, 0.29) is 24.1 Å². The lowest BCUT2D eigenvalue weighted by molar-refractivity contribution is -0.142. The van der Waals surface area contributed by atoms with Crippen molar-refractivity contribution in [2.75, 3.05) is 11.9 Å². The molecule has 2 N–H and O–H groups in total. The molecule has 6 nitrogen and oxygen atoms in total. The van der Waals surface area contributed by atoms with Crippen LogP contribution in [0.5, 0.6) is 0 Å². The van der Waals surface area contributed by atoms with E-state index in [2.05, 4.69) is 10.6 Å². The maximum absolute atomic E-state index is 12.6. The number of anilines is 1. The molecule has 1 atom stereocenters. The molecular weight excluding hydrogens is 290 g/mol. The second-order valence-electron chi connectivity index (χ2n) is 5.53. The maximum atomic E-state index is 12.6. The number of thiophene rings is 1. The summed E-state index contributed by atoms with van der Waals surface area (Å²) in [5, 5.41) is 8.41. The van der Waals surface area contributed by atoms with Gasteiger partial charge in [0.2, 0.25) is 5.91 Å². The Balaban J connectivity index is 1.90. The third-order valence-corrected chi connectivity index (χ3v) is 5.18. The van der Waals surface area contributed by atoms with Crippen molar-refractivity contribution in [2.24, 2.45) is 0 Å². The highest BCUT2D eigenvalue weighted by Crippen LogP contribution is 2.40. The van der Waals surface area contributed by atoms with Crippen LogP contribution >= 0.6 is 11.3 Å². The molecule has 1 saturated heterocycles. The van der Waals surface area contributed by atoms with Gasteiger partial charge in [-0.05, 0) is 20.3 Å². The van der Waals surface area contributed by atoms with Crippen LogP contribution in [0.3, 0.4) is 0 Å². The van der Waals surface area contributed by atoms with Gasteiger partial charge in [0, 0.05) is 23.9 Å². The summed E-state index contributed by atoms with van der Waals surface area (Å²) in [7, 11) is 0. The Morgan fingerprint density at radius 1 is 1.43 bits per heavy atom. The topological polar surface area (TPSA) is 78.5 Å². The van der Waals surface area contributed by atoms with E-state index in [1.807, 2.05) is 12.3 Å². The first-order chi connectivity index (χ1) is 9.97. The van der Waals surface area contributed by atoms with E-state index in [0.717, 1.165) is 17.1 Å². The number of hydrogen-bond acceptors (Lipinski definition) is 5. The summed E-state index contributed by atoms with van der Waals surface area (Å²) in [4.78, 5) is 37.7. The normalized spacial score (nSPS) is 25.0. The molecule has 2 aliphatic rings. The fourth-order valence-electron chi connectivity index (χ4n) is 2.85. The highest BCUT2D eigenvalue weighted by atomic mass is 32.1. The van der Waals surface area contributed by atoms with Gasteiger partial charge in [-0.1, -0.05) is 0 Å². The average Bonchev–Trinajstić information content (AvgIpc) is 2.97. The van der Waals surface area contributed by atoms with Crippen molar-refractivity contribution in [1.82, 2.24) is 10.2 Å². The van der Waals surface area contributed by atoms with Gasteiger partial charge < -0.3 is 10.2 Å². The molecular formula is C14H17N3O3S. The summed E-state index contributed by atoms with van der Waals surface area (Å²) in [5.74, 6) is -0.782. The number of piperidine rings is 1. The monoisotopic (exact) mass is 307 g/mol. The minimum Gasteiger partial charge on any atom is -0.377 e. The van der Waals surface area contributed by atoms with Crippen LogP contribution < -0.4 is 10.6 Å². The Morgan fingerprint density at radius 2 is 2.19 bits per heavy atom.